The van der Waals surface area contributed by atoms with E-state index in [0.29, 0.717) is 12.1 Å². The molecule has 116 valence electrons. The predicted octanol–water partition coefficient (Wildman–Crippen LogP) is 5.15. The van der Waals surface area contributed by atoms with E-state index in [0.717, 1.165) is 6.54 Å². The minimum absolute atomic E-state index is 0.594. The molecule has 2 bridgehead atoms. The fourth-order valence-corrected chi connectivity index (χ4v) is 4.04. The third-order valence-electron chi connectivity index (χ3n) is 5.24. The molecule has 2 heterocycles. The lowest BCUT2D eigenvalue weighted by Gasteiger charge is -2.34. The van der Waals surface area contributed by atoms with Crippen molar-refractivity contribution < 1.29 is 0 Å². The quantitative estimate of drug-likeness (QED) is 0.755. The Morgan fingerprint density at radius 3 is 2.70 bits per heavy atom. The molecule has 1 fully saturated rings. The van der Waals surface area contributed by atoms with Gasteiger partial charge in [-0.25, -0.2) is 0 Å². The number of rotatable bonds is 4. The zero-order chi connectivity index (χ0) is 15.6. The Morgan fingerprint density at radius 1 is 1.04 bits per heavy atom. The van der Waals surface area contributed by atoms with Crippen LogP contribution < -0.4 is 0 Å². The molecular weight excluding hydrogens is 278 g/mol. The van der Waals surface area contributed by atoms with Gasteiger partial charge in [-0.15, -0.1) is 0 Å². The van der Waals surface area contributed by atoms with Gasteiger partial charge in [0.25, 0.3) is 0 Å². The Balaban J connectivity index is 1.58. The van der Waals surface area contributed by atoms with Gasteiger partial charge in [0.1, 0.15) is 0 Å². The number of nitrogens with zero attached hydrogens (tertiary/aromatic N) is 1. The van der Waals surface area contributed by atoms with Crippen molar-refractivity contribution in [3.63, 3.8) is 0 Å². The van der Waals surface area contributed by atoms with Crippen LogP contribution in [0, 0.1) is 0 Å². The van der Waals surface area contributed by atoms with E-state index in [1.165, 1.54) is 41.5 Å². The SMILES string of the molecule is C=Cc1cccc(C2=CC3CCC(C2)N3Cc2ccccc2)c1. The van der Waals surface area contributed by atoms with Gasteiger partial charge < -0.3 is 0 Å². The van der Waals surface area contributed by atoms with Gasteiger partial charge in [-0.05, 0) is 47.6 Å². The van der Waals surface area contributed by atoms with Crippen LogP contribution in [0.1, 0.15) is 36.0 Å². The molecule has 0 amide bonds. The van der Waals surface area contributed by atoms with Crippen LogP contribution in [0.3, 0.4) is 0 Å². The second-order valence-electron chi connectivity index (χ2n) is 6.68. The summed E-state index contributed by atoms with van der Waals surface area (Å²) in [5.41, 5.74) is 5.53. The highest BCUT2D eigenvalue weighted by atomic mass is 15.2. The summed E-state index contributed by atoms with van der Waals surface area (Å²) in [5, 5.41) is 0. The smallest absolute Gasteiger partial charge is 0.0291 e. The van der Waals surface area contributed by atoms with Crippen LogP contribution >= 0.6 is 0 Å². The Bertz CT molecular complexity index is 729. The molecule has 2 aromatic rings. The molecule has 1 heteroatoms. The van der Waals surface area contributed by atoms with Crippen molar-refractivity contribution in [2.75, 3.05) is 0 Å². The van der Waals surface area contributed by atoms with Crippen LogP contribution in [-0.4, -0.2) is 17.0 Å². The standard InChI is InChI=1S/C22H23N/c1-2-17-9-6-10-19(13-17)20-14-21-11-12-22(15-20)23(21)16-18-7-4-3-5-8-18/h2-10,13-14,21-22H,1,11-12,15-16H2. The molecular formula is C22H23N. The fraction of sp³-hybridized carbons (Fsp3) is 0.273. The lowest BCUT2D eigenvalue weighted by atomic mass is 9.93. The minimum atomic E-state index is 0.594. The average Bonchev–Trinajstić information content (AvgIpc) is 2.84. The van der Waals surface area contributed by atoms with Gasteiger partial charge in [0.05, 0.1) is 0 Å². The fourth-order valence-electron chi connectivity index (χ4n) is 4.04. The van der Waals surface area contributed by atoms with Crippen LogP contribution in [0.4, 0.5) is 0 Å². The molecule has 1 nitrogen and oxygen atoms in total. The summed E-state index contributed by atoms with van der Waals surface area (Å²) in [7, 11) is 0. The molecule has 4 rings (SSSR count). The van der Waals surface area contributed by atoms with Gasteiger partial charge in [0.2, 0.25) is 0 Å². The summed E-state index contributed by atoms with van der Waals surface area (Å²) in [4.78, 5) is 2.69. The molecule has 2 aliphatic rings. The topological polar surface area (TPSA) is 3.24 Å². The molecule has 2 aliphatic heterocycles. The number of hydrogen-bond acceptors (Lipinski definition) is 1. The van der Waals surface area contributed by atoms with Gasteiger partial charge >= 0.3 is 0 Å². The van der Waals surface area contributed by atoms with E-state index in [9.17, 15) is 0 Å². The second kappa shape index (κ2) is 6.17. The van der Waals surface area contributed by atoms with Gasteiger partial charge in [-0.3, -0.25) is 4.90 Å². The van der Waals surface area contributed by atoms with E-state index in [1.54, 1.807) is 0 Å². The highest BCUT2D eigenvalue weighted by Crippen LogP contribution is 2.39. The van der Waals surface area contributed by atoms with Crippen molar-refractivity contribution in [2.45, 2.75) is 37.9 Å². The summed E-state index contributed by atoms with van der Waals surface area (Å²) in [6.45, 7) is 4.97. The largest absolute Gasteiger partial charge is 0.289 e. The summed E-state index contributed by atoms with van der Waals surface area (Å²) >= 11 is 0. The first-order chi connectivity index (χ1) is 11.3. The Labute approximate surface area is 139 Å². The zero-order valence-electron chi connectivity index (χ0n) is 13.5. The molecule has 0 aromatic heterocycles. The van der Waals surface area contributed by atoms with E-state index < -0.39 is 0 Å². The third-order valence-corrected chi connectivity index (χ3v) is 5.24. The number of benzene rings is 2. The highest BCUT2D eigenvalue weighted by Gasteiger charge is 2.36. The summed E-state index contributed by atoms with van der Waals surface area (Å²) in [6, 6.07) is 20.9. The maximum absolute atomic E-state index is 3.89. The summed E-state index contributed by atoms with van der Waals surface area (Å²) < 4.78 is 0. The van der Waals surface area contributed by atoms with E-state index in [4.69, 9.17) is 0 Å². The van der Waals surface area contributed by atoms with E-state index in [1.807, 2.05) is 6.08 Å². The first kappa shape index (κ1) is 14.5. The van der Waals surface area contributed by atoms with Crippen molar-refractivity contribution in [1.29, 1.82) is 0 Å². The number of hydrogen-bond donors (Lipinski definition) is 0. The first-order valence-electron chi connectivity index (χ1n) is 8.57. The van der Waals surface area contributed by atoms with Crippen molar-refractivity contribution >= 4 is 11.6 Å². The third kappa shape index (κ3) is 2.89. The van der Waals surface area contributed by atoms with Gasteiger partial charge in [0.15, 0.2) is 0 Å². The van der Waals surface area contributed by atoms with Crippen LogP contribution in [-0.2, 0) is 6.54 Å². The average molecular weight is 301 g/mol. The minimum Gasteiger partial charge on any atom is -0.289 e. The summed E-state index contributed by atoms with van der Waals surface area (Å²) in [6.07, 6.45) is 8.22. The maximum atomic E-state index is 3.89. The van der Waals surface area contributed by atoms with E-state index >= 15 is 0 Å². The van der Waals surface area contributed by atoms with Crippen LogP contribution in [0.25, 0.3) is 11.6 Å². The molecule has 2 unspecified atom stereocenters. The monoisotopic (exact) mass is 301 g/mol. The molecule has 0 spiro atoms. The number of fused-ring (bicyclic) bond motifs is 2. The Kier molecular flexibility index (Phi) is 3.88. The molecule has 23 heavy (non-hydrogen) atoms. The molecule has 2 atom stereocenters. The molecule has 0 saturated carbocycles. The van der Waals surface area contributed by atoms with Crippen LogP contribution in [0.15, 0.2) is 67.3 Å². The molecule has 2 aromatic carbocycles. The lowest BCUT2D eigenvalue weighted by molar-refractivity contribution is 0.203. The normalized spacial score (nSPS) is 23.6. The van der Waals surface area contributed by atoms with Crippen molar-refractivity contribution in [2.24, 2.45) is 0 Å². The van der Waals surface area contributed by atoms with Crippen molar-refractivity contribution in [3.05, 3.63) is 83.9 Å². The van der Waals surface area contributed by atoms with E-state index in [2.05, 4.69) is 72.2 Å². The molecule has 0 radical (unpaired) electrons. The van der Waals surface area contributed by atoms with E-state index in [-0.39, 0.29) is 0 Å². The van der Waals surface area contributed by atoms with Gasteiger partial charge in [-0.1, -0.05) is 67.3 Å². The predicted molar refractivity (Wildman–Crippen MR) is 97.9 cm³/mol. The molecule has 0 aliphatic carbocycles. The first-order valence-corrected chi connectivity index (χ1v) is 8.57. The summed E-state index contributed by atoms with van der Waals surface area (Å²) in [5.74, 6) is 0. The van der Waals surface area contributed by atoms with Gasteiger partial charge in [0, 0.05) is 18.6 Å². The lowest BCUT2D eigenvalue weighted by Crippen LogP contribution is -2.37. The highest BCUT2D eigenvalue weighted by molar-refractivity contribution is 5.70. The zero-order valence-corrected chi connectivity index (χ0v) is 13.5. The Hall–Kier alpha value is -2.12. The van der Waals surface area contributed by atoms with Crippen LogP contribution in [0.2, 0.25) is 0 Å². The van der Waals surface area contributed by atoms with Crippen molar-refractivity contribution in [3.8, 4) is 0 Å². The van der Waals surface area contributed by atoms with Crippen molar-refractivity contribution in [1.82, 2.24) is 4.90 Å². The molecule has 0 N–H and O–H groups in total. The Morgan fingerprint density at radius 2 is 1.91 bits per heavy atom. The maximum Gasteiger partial charge on any atom is 0.0291 e. The van der Waals surface area contributed by atoms with Crippen LogP contribution in [0.5, 0.6) is 0 Å². The van der Waals surface area contributed by atoms with Gasteiger partial charge in [-0.2, -0.15) is 0 Å². The molecule has 1 saturated heterocycles. The second-order valence-corrected chi connectivity index (χ2v) is 6.68.